The number of rotatable bonds is 5. The van der Waals surface area contributed by atoms with Gasteiger partial charge in [0.05, 0.1) is 21.7 Å². The number of hydrogen-bond donors (Lipinski definition) is 0. The van der Waals surface area contributed by atoms with Crippen molar-refractivity contribution in [1.29, 1.82) is 0 Å². The fraction of sp³-hybridized carbons (Fsp3) is 0.308. The van der Waals surface area contributed by atoms with Crippen LogP contribution in [-0.2, 0) is 16.3 Å². The highest BCUT2D eigenvalue weighted by atomic mass is 32.2. The lowest BCUT2D eigenvalue weighted by molar-refractivity contribution is -0.132. The molecular formula is C26H25N5O3S2. The minimum atomic E-state index is -0.0276. The van der Waals surface area contributed by atoms with Crippen molar-refractivity contribution < 1.29 is 9.59 Å². The third kappa shape index (κ3) is 4.24. The topological polar surface area (TPSA) is 80.4 Å². The first kappa shape index (κ1) is 23.1. The molecule has 2 aliphatic heterocycles. The van der Waals surface area contributed by atoms with Gasteiger partial charge < -0.3 is 14.4 Å². The average molecular weight is 520 g/mol. The van der Waals surface area contributed by atoms with E-state index in [1.165, 1.54) is 23.1 Å². The van der Waals surface area contributed by atoms with Crippen LogP contribution in [0.15, 0.2) is 70.6 Å². The van der Waals surface area contributed by atoms with Crippen LogP contribution < -0.4 is 9.77 Å². The Labute approximate surface area is 216 Å². The molecule has 2 aromatic carbocycles. The van der Waals surface area contributed by atoms with Crippen LogP contribution in [0.25, 0.3) is 10.2 Å². The van der Waals surface area contributed by atoms with Crippen molar-refractivity contribution in [3.8, 4) is 0 Å². The van der Waals surface area contributed by atoms with Crippen molar-refractivity contribution in [3.63, 3.8) is 0 Å². The summed E-state index contributed by atoms with van der Waals surface area (Å²) in [4.78, 5) is 47.4. The number of fused-ring (bicyclic) bond motifs is 2. The lowest BCUT2D eigenvalue weighted by atomic mass is 9.96. The molecule has 0 aliphatic carbocycles. The number of imidazole rings is 1. The van der Waals surface area contributed by atoms with Gasteiger partial charge in [-0.1, -0.05) is 35.6 Å². The third-order valence-electron chi connectivity index (χ3n) is 6.93. The average Bonchev–Trinajstić information content (AvgIpc) is 3.50. The molecule has 0 N–H and O–H groups in total. The monoisotopic (exact) mass is 519 g/mol. The molecule has 4 aromatic rings. The van der Waals surface area contributed by atoms with Crippen LogP contribution in [0.3, 0.4) is 0 Å². The highest BCUT2D eigenvalue weighted by Crippen LogP contribution is 2.35. The summed E-state index contributed by atoms with van der Waals surface area (Å²) >= 11 is 2.78. The second-order valence-corrected chi connectivity index (χ2v) is 11.1. The molecule has 2 aliphatic rings. The Balaban J connectivity index is 1.12. The van der Waals surface area contributed by atoms with Gasteiger partial charge in [-0.05, 0) is 37.1 Å². The number of carbonyl (C=O) groups is 2. The van der Waals surface area contributed by atoms with E-state index >= 15 is 0 Å². The molecule has 0 bridgehead atoms. The van der Waals surface area contributed by atoms with Crippen LogP contribution in [0.5, 0.6) is 0 Å². The van der Waals surface area contributed by atoms with E-state index in [9.17, 15) is 14.4 Å². The molecule has 6 rings (SSSR count). The van der Waals surface area contributed by atoms with Gasteiger partial charge >= 0.3 is 4.87 Å². The second-order valence-electron chi connectivity index (χ2n) is 9.05. The molecule has 2 amide bonds. The van der Waals surface area contributed by atoms with Crippen molar-refractivity contribution >= 4 is 50.8 Å². The molecule has 0 atom stereocenters. The van der Waals surface area contributed by atoms with Gasteiger partial charge in [0.25, 0.3) is 0 Å². The molecule has 1 saturated heterocycles. The first-order chi connectivity index (χ1) is 17.6. The van der Waals surface area contributed by atoms with Crippen molar-refractivity contribution in [1.82, 2.24) is 19.0 Å². The molecule has 2 aromatic heterocycles. The van der Waals surface area contributed by atoms with E-state index in [1.807, 2.05) is 64.2 Å². The largest absolute Gasteiger partial charge is 0.341 e. The molecule has 1 fully saturated rings. The summed E-state index contributed by atoms with van der Waals surface area (Å²) < 4.78 is 4.81. The fourth-order valence-corrected chi connectivity index (χ4v) is 6.87. The van der Waals surface area contributed by atoms with Crippen LogP contribution in [0.2, 0.25) is 0 Å². The maximum atomic E-state index is 13.1. The van der Waals surface area contributed by atoms with Gasteiger partial charge in [0.15, 0.2) is 0 Å². The second kappa shape index (κ2) is 9.59. The molecule has 10 heteroatoms. The van der Waals surface area contributed by atoms with E-state index < -0.39 is 0 Å². The normalized spacial score (nSPS) is 16.5. The molecular weight excluding hydrogens is 494 g/mol. The maximum Gasteiger partial charge on any atom is 0.309 e. The van der Waals surface area contributed by atoms with Gasteiger partial charge in [-0.25, -0.2) is 4.98 Å². The van der Waals surface area contributed by atoms with Gasteiger partial charge in [0.1, 0.15) is 19.0 Å². The molecule has 4 heterocycles. The van der Waals surface area contributed by atoms with E-state index in [0.29, 0.717) is 25.5 Å². The van der Waals surface area contributed by atoms with Gasteiger partial charge in [-0.2, -0.15) is 0 Å². The number of benzene rings is 2. The molecule has 184 valence electrons. The van der Waals surface area contributed by atoms with Crippen LogP contribution >= 0.6 is 23.1 Å². The van der Waals surface area contributed by atoms with Crippen LogP contribution in [0.4, 0.5) is 5.69 Å². The Morgan fingerprint density at radius 2 is 1.81 bits per heavy atom. The van der Waals surface area contributed by atoms with Gasteiger partial charge in [0.2, 0.25) is 11.8 Å². The van der Waals surface area contributed by atoms with E-state index in [0.717, 1.165) is 39.5 Å². The number of thioether (sulfide) groups is 1. The van der Waals surface area contributed by atoms with Crippen molar-refractivity contribution in [2.24, 2.45) is 0 Å². The minimum Gasteiger partial charge on any atom is -0.341 e. The Morgan fingerprint density at radius 1 is 1.03 bits per heavy atom. The Kier molecular flexibility index (Phi) is 6.14. The zero-order chi connectivity index (χ0) is 24.6. The predicted molar refractivity (Wildman–Crippen MR) is 142 cm³/mol. The van der Waals surface area contributed by atoms with Crippen molar-refractivity contribution in [2.75, 3.05) is 30.3 Å². The highest BCUT2D eigenvalue weighted by Gasteiger charge is 2.31. The number of carbonyl (C=O) groups excluding carboxylic acids is 2. The Hall–Kier alpha value is -3.37. The smallest absolute Gasteiger partial charge is 0.309 e. The minimum absolute atomic E-state index is 0.0171. The maximum absolute atomic E-state index is 13.1. The Morgan fingerprint density at radius 3 is 2.67 bits per heavy atom. The molecule has 0 radical (unpaired) electrons. The number of amides is 2. The lowest BCUT2D eigenvalue weighted by Gasteiger charge is -2.34. The van der Waals surface area contributed by atoms with Gasteiger partial charge in [0, 0.05) is 36.3 Å². The summed E-state index contributed by atoms with van der Waals surface area (Å²) in [5, 5.41) is 0. The SMILES string of the molecule is O=C(CN1C(=O)CSc2ccccc21)N1CCC(c2nccn2Cn2c(=O)sc3ccccc32)CC1. The highest BCUT2D eigenvalue weighted by molar-refractivity contribution is 8.00. The number of aromatic nitrogens is 3. The number of nitrogens with zero attached hydrogens (tertiary/aromatic N) is 5. The summed E-state index contributed by atoms with van der Waals surface area (Å²) in [6.45, 7) is 1.74. The quantitative estimate of drug-likeness (QED) is 0.403. The predicted octanol–water partition coefficient (Wildman–Crippen LogP) is 3.61. The van der Waals surface area contributed by atoms with E-state index in [1.54, 1.807) is 15.7 Å². The number of likely N-dealkylation sites (tertiary alicyclic amines) is 1. The number of piperidine rings is 1. The zero-order valence-corrected chi connectivity index (χ0v) is 21.2. The number of para-hydroxylation sites is 2. The summed E-state index contributed by atoms with van der Waals surface area (Å²) in [5.74, 6) is 1.46. The summed E-state index contributed by atoms with van der Waals surface area (Å²) in [6, 6.07) is 15.6. The van der Waals surface area contributed by atoms with Crippen LogP contribution in [0, 0.1) is 0 Å². The van der Waals surface area contributed by atoms with Crippen molar-refractivity contribution in [3.05, 3.63) is 76.4 Å². The first-order valence-corrected chi connectivity index (χ1v) is 13.8. The lowest BCUT2D eigenvalue weighted by Crippen LogP contribution is -2.47. The van der Waals surface area contributed by atoms with Gasteiger partial charge in [-0.3, -0.25) is 19.0 Å². The summed E-state index contributed by atoms with van der Waals surface area (Å²) in [7, 11) is 0. The van der Waals surface area contributed by atoms with Crippen LogP contribution in [0.1, 0.15) is 24.6 Å². The molecule has 0 saturated carbocycles. The molecule has 36 heavy (non-hydrogen) atoms. The zero-order valence-electron chi connectivity index (χ0n) is 19.6. The van der Waals surface area contributed by atoms with Crippen LogP contribution in [-0.4, -0.2) is 56.2 Å². The number of anilines is 1. The Bertz CT molecular complexity index is 1500. The molecule has 8 nitrogen and oxygen atoms in total. The van der Waals surface area contributed by atoms with E-state index in [4.69, 9.17) is 0 Å². The fourth-order valence-electron chi connectivity index (χ4n) is 5.05. The van der Waals surface area contributed by atoms with Crippen molar-refractivity contribution in [2.45, 2.75) is 30.3 Å². The molecule has 0 spiro atoms. The summed E-state index contributed by atoms with van der Waals surface area (Å²) in [5.41, 5.74) is 1.75. The van der Waals surface area contributed by atoms with E-state index in [-0.39, 0.29) is 29.1 Å². The number of thiazole rings is 1. The van der Waals surface area contributed by atoms with E-state index in [2.05, 4.69) is 4.98 Å². The number of hydrogen-bond acceptors (Lipinski definition) is 6. The standard InChI is InChI=1S/C26H25N5O3S2/c32-23(15-30-19-5-1-3-7-21(19)35-16-24(30)33)28-12-9-18(10-13-28)25-27-11-14-29(25)17-31-20-6-2-4-8-22(20)36-26(31)34/h1-8,11,14,18H,9-10,12-13,15-17H2. The first-order valence-electron chi connectivity index (χ1n) is 12.0. The molecule has 0 unspecified atom stereocenters. The third-order valence-corrected chi connectivity index (χ3v) is 8.94. The summed E-state index contributed by atoms with van der Waals surface area (Å²) in [6.07, 6.45) is 5.29. The van der Waals surface area contributed by atoms with Gasteiger partial charge in [-0.15, -0.1) is 11.8 Å².